The van der Waals surface area contributed by atoms with E-state index >= 15 is 0 Å². The summed E-state index contributed by atoms with van der Waals surface area (Å²) in [5, 5.41) is 12.6. The number of hydrogen-bond acceptors (Lipinski definition) is 3. The number of hydrogen-bond donors (Lipinski definition) is 2. The summed E-state index contributed by atoms with van der Waals surface area (Å²) < 4.78 is 6.46. The standard InChI is InChI=1S/C13H14BrNO3/c14-7-1-3-11(16)9(5-7)13(17)15-10-6-8-2-4-12(10)18-8/h1,3,5,8,10,12,16H,2,4,6H2,(H,15,17). The van der Waals surface area contributed by atoms with E-state index in [0.29, 0.717) is 11.7 Å². The topological polar surface area (TPSA) is 58.6 Å². The molecule has 18 heavy (non-hydrogen) atoms. The number of amides is 1. The van der Waals surface area contributed by atoms with E-state index in [-0.39, 0.29) is 23.8 Å². The summed E-state index contributed by atoms with van der Waals surface area (Å²) >= 11 is 3.29. The molecule has 3 rings (SSSR count). The summed E-state index contributed by atoms with van der Waals surface area (Å²) in [6, 6.07) is 4.91. The van der Waals surface area contributed by atoms with E-state index < -0.39 is 0 Å². The first-order valence-electron chi connectivity index (χ1n) is 6.08. The number of phenolic OH excluding ortho intramolecular Hbond substituents is 1. The Bertz CT molecular complexity index is 491. The highest BCUT2D eigenvalue weighted by Gasteiger charge is 2.41. The van der Waals surface area contributed by atoms with Crippen LogP contribution in [0, 0.1) is 0 Å². The van der Waals surface area contributed by atoms with Crippen molar-refractivity contribution >= 4 is 21.8 Å². The van der Waals surface area contributed by atoms with Gasteiger partial charge in [-0.25, -0.2) is 0 Å². The first-order chi connectivity index (χ1) is 8.63. The summed E-state index contributed by atoms with van der Waals surface area (Å²) in [5.74, 6) is -0.241. The monoisotopic (exact) mass is 311 g/mol. The van der Waals surface area contributed by atoms with Gasteiger partial charge in [0.2, 0.25) is 0 Å². The lowest BCUT2D eigenvalue weighted by Crippen LogP contribution is -2.41. The van der Waals surface area contributed by atoms with Crippen LogP contribution < -0.4 is 5.32 Å². The van der Waals surface area contributed by atoms with Gasteiger partial charge in [0.15, 0.2) is 0 Å². The van der Waals surface area contributed by atoms with Crippen LogP contribution >= 0.6 is 15.9 Å². The van der Waals surface area contributed by atoms with Crippen molar-refractivity contribution in [3.8, 4) is 5.75 Å². The van der Waals surface area contributed by atoms with Crippen molar-refractivity contribution < 1.29 is 14.6 Å². The van der Waals surface area contributed by atoms with Gasteiger partial charge < -0.3 is 15.2 Å². The van der Waals surface area contributed by atoms with Crippen molar-refractivity contribution in [2.75, 3.05) is 0 Å². The Balaban J connectivity index is 1.73. The quantitative estimate of drug-likeness (QED) is 0.880. The Morgan fingerprint density at radius 1 is 1.44 bits per heavy atom. The summed E-state index contributed by atoms with van der Waals surface area (Å²) in [7, 11) is 0. The van der Waals surface area contributed by atoms with Crippen molar-refractivity contribution in [3.63, 3.8) is 0 Å². The normalized spacial score (nSPS) is 29.5. The van der Waals surface area contributed by atoms with Gasteiger partial charge in [-0.1, -0.05) is 15.9 Å². The minimum Gasteiger partial charge on any atom is -0.507 e. The molecule has 2 N–H and O–H groups in total. The predicted molar refractivity (Wildman–Crippen MR) is 69.6 cm³/mol. The molecule has 1 aromatic rings. The third-order valence-electron chi connectivity index (χ3n) is 3.63. The number of phenols is 1. The Kier molecular flexibility index (Phi) is 3.03. The molecule has 1 amide bonds. The van der Waals surface area contributed by atoms with E-state index in [2.05, 4.69) is 21.2 Å². The molecule has 0 aliphatic carbocycles. The van der Waals surface area contributed by atoms with Crippen LogP contribution in [0.15, 0.2) is 22.7 Å². The fraction of sp³-hybridized carbons (Fsp3) is 0.462. The van der Waals surface area contributed by atoms with Crippen LogP contribution in [0.4, 0.5) is 0 Å². The van der Waals surface area contributed by atoms with Gasteiger partial charge in [0.1, 0.15) is 5.75 Å². The maximum Gasteiger partial charge on any atom is 0.255 e. The molecule has 0 aromatic heterocycles. The molecule has 2 bridgehead atoms. The van der Waals surface area contributed by atoms with E-state index in [4.69, 9.17) is 4.74 Å². The lowest BCUT2D eigenvalue weighted by molar-refractivity contribution is 0.0839. The van der Waals surface area contributed by atoms with Crippen LogP contribution in [-0.4, -0.2) is 29.3 Å². The summed E-state index contributed by atoms with van der Waals surface area (Å²) in [4.78, 5) is 12.1. The minimum atomic E-state index is -0.241. The van der Waals surface area contributed by atoms with Crippen molar-refractivity contribution in [1.82, 2.24) is 5.32 Å². The smallest absolute Gasteiger partial charge is 0.255 e. The number of aromatic hydroxyl groups is 1. The molecule has 3 atom stereocenters. The Morgan fingerprint density at radius 3 is 2.94 bits per heavy atom. The number of fused-ring (bicyclic) bond motifs is 2. The molecular formula is C13H14BrNO3. The molecule has 3 unspecified atom stereocenters. The number of carbonyl (C=O) groups excluding carboxylic acids is 1. The highest BCUT2D eigenvalue weighted by atomic mass is 79.9. The van der Waals surface area contributed by atoms with Gasteiger partial charge in [0.25, 0.3) is 5.91 Å². The maximum atomic E-state index is 12.1. The molecular weight excluding hydrogens is 298 g/mol. The highest BCUT2D eigenvalue weighted by Crippen LogP contribution is 2.34. The molecule has 2 fully saturated rings. The molecule has 4 nitrogen and oxygen atoms in total. The number of ether oxygens (including phenoxy) is 1. The number of nitrogens with one attached hydrogen (secondary N) is 1. The van der Waals surface area contributed by atoms with Gasteiger partial charge in [-0.2, -0.15) is 0 Å². The molecule has 2 aliphatic rings. The first-order valence-corrected chi connectivity index (χ1v) is 6.87. The number of rotatable bonds is 2. The SMILES string of the molecule is O=C(NC1CC2CCC1O2)c1cc(Br)ccc1O. The predicted octanol–water partition coefficient (Wildman–Crippen LogP) is 2.20. The number of carbonyl (C=O) groups is 1. The van der Waals surface area contributed by atoms with E-state index in [1.807, 2.05) is 0 Å². The summed E-state index contributed by atoms with van der Waals surface area (Å²) in [6.45, 7) is 0. The molecule has 96 valence electrons. The molecule has 2 aliphatic heterocycles. The van der Waals surface area contributed by atoms with Crippen LogP contribution in [0.1, 0.15) is 29.6 Å². The maximum absolute atomic E-state index is 12.1. The summed E-state index contributed by atoms with van der Waals surface area (Å²) in [6.07, 6.45) is 3.44. The lowest BCUT2D eigenvalue weighted by atomic mass is 9.95. The Labute approximate surface area is 113 Å². The Hall–Kier alpha value is -1.07. The molecule has 2 heterocycles. The van der Waals surface area contributed by atoms with Gasteiger partial charge >= 0.3 is 0 Å². The van der Waals surface area contributed by atoms with Gasteiger partial charge in [0.05, 0.1) is 23.8 Å². The van der Waals surface area contributed by atoms with E-state index in [1.165, 1.54) is 6.07 Å². The van der Waals surface area contributed by atoms with Crippen molar-refractivity contribution in [1.29, 1.82) is 0 Å². The zero-order valence-electron chi connectivity index (χ0n) is 9.73. The molecule has 0 radical (unpaired) electrons. The average molecular weight is 312 g/mol. The molecule has 2 saturated heterocycles. The third-order valence-corrected chi connectivity index (χ3v) is 4.12. The van der Waals surface area contributed by atoms with Gasteiger partial charge in [-0.15, -0.1) is 0 Å². The zero-order chi connectivity index (χ0) is 12.7. The third kappa shape index (κ3) is 2.12. The van der Waals surface area contributed by atoms with Gasteiger partial charge in [-0.3, -0.25) is 4.79 Å². The van der Waals surface area contributed by atoms with Crippen LogP contribution in [0.5, 0.6) is 5.75 Å². The second-order valence-electron chi connectivity index (χ2n) is 4.85. The first kappa shape index (κ1) is 12.0. The van der Waals surface area contributed by atoms with Crippen LogP contribution in [0.3, 0.4) is 0 Å². The van der Waals surface area contributed by atoms with Crippen molar-refractivity contribution in [3.05, 3.63) is 28.2 Å². The van der Waals surface area contributed by atoms with E-state index in [1.54, 1.807) is 12.1 Å². The minimum absolute atomic E-state index is 0.000209. The largest absolute Gasteiger partial charge is 0.507 e. The fourth-order valence-electron chi connectivity index (χ4n) is 2.73. The van der Waals surface area contributed by atoms with Crippen molar-refractivity contribution in [2.24, 2.45) is 0 Å². The van der Waals surface area contributed by atoms with Crippen LogP contribution in [0.25, 0.3) is 0 Å². The highest BCUT2D eigenvalue weighted by molar-refractivity contribution is 9.10. The molecule has 5 heteroatoms. The second-order valence-corrected chi connectivity index (χ2v) is 5.77. The van der Waals surface area contributed by atoms with Crippen molar-refractivity contribution in [2.45, 2.75) is 37.5 Å². The Morgan fingerprint density at radius 2 is 2.28 bits per heavy atom. The molecule has 0 saturated carbocycles. The fourth-order valence-corrected chi connectivity index (χ4v) is 3.09. The van der Waals surface area contributed by atoms with Crippen LogP contribution in [0.2, 0.25) is 0 Å². The van der Waals surface area contributed by atoms with E-state index in [0.717, 1.165) is 23.7 Å². The molecule has 0 spiro atoms. The second kappa shape index (κ2) is 4.55. The number of halogens is 1. The van der Waals surface area contributed by atoms with E-state index in [9.17, 15) is 9.90 Å². The van der Waals surface area contributed by atoms with Gasteiger partial charge in [-0.05, 0) is 37.5 Å². The van der Waals surface area contributed by atoms with Gasteiger partial charge in [0, 0.05) is 4.47 Å². The average Bonchev–Trinajstić information content (AvgIpc) is 2.94. The molecule has 1 aromatic carbocycles. The zero-order valence-corrected chi connectivity index (χ0v) is 11.3. The lowest BCUT2D eigenvalue weighted by Gasteiger charge is -2.20. The number of benzene rings is 1. The van der Waals surface area contributed by atoms with Crippen LogP contribution in [-0.2, 0) is 4.74 Å². The summed E-state index contributed by atoms with van der Waals surface area (Å²) in [5.41, 5.74) is 0.298.